The monoisotopic (exact) mass is 290 g/mol. The van der Waals surface area contributed by atoms with Crippen LogP contribution < -0.4 is 10.6 Å². The van der Waals surface area contributed by atoms with Crippen LogP contribution in [0, 0.1) is 6.92 Å². The third kappa shape index (κ3) is 2.57. The van der Waals surface area contributed by atoms with E-state index in [4.69, 9.17) is 4.74 Å². The average molecular weight is 290 g/mol. The van der Waals surface area contributed by atoms with Crippen LogP contribution in [-0.2, 0) is 11.3 Å². The lowest BCUT2D eigenvalue weighted by molar-refractivity contribution is 0.0253. The van der Waals surface area contributed by atoms with Crippen LogP contribution in [0.15, 0.2) is 12.1 Å². The van der Waals surface area contributed by atoms with Crippen molar-refractivity contribution >= 4 is 5.97 Å². The summed E-state index contributed by atoms with van der Waals surface area (Å²) in [5, 5.41) is 17.1. The van der Waals surface area contributed by atoms with Crippen LogP contribution in [-0.4, -0.2) is 35.8 Å². The lowest BCUT2D eigenvalue weighted by Gasteiger charge is -2.39. The normalized spacial score (nSPS) is 25.6. The van der Waals surface area contributed by atoms with Crippen LogP contribution in [0.5, 0.6) is 0 Å². The Kier molecular flexibility index (Phi) is 3.51. The summed E-state index contributed by atoms with van der Waals surface area (Å²) in [5.74, 6) is -0.233. The fourth-order valence-electron chi connectivity index (χ4n) is 3.13. The lowest BCUT2D eigenvalue weighted by atomic mass is 9.90. The fourth-order valence-corrected chi connectivity index (χ4v) is 3.13. The Morgan fingerprint density at radius 1 is 1.33 bits per heavy atom. The van der Waals surface area contributed by atoms with Gasteiger partial charge in [0.05, 0.1) is 11.2 Å². The maximum absolute atomic E-state index is 11.6. The van der Waals surface area contributed by atoms with Crippen LogP contribution >= 0.6 is 0 Å². The van der Waals surface area contributed by atoms with E-state index in [1.165, 1.54) is 0 Å². The van der Waals surface area contributed by atoms with Gasteiger partial charge in [-0.2, -0.15) is 0 Å². The van der Waals surface area contributed by atoms with Gasteiger partial charge < -0.3 is 20.5 Å². The van der Waals surface area contributed by atoms with Crippen molar-refractivity contribution in [1.29, 1.82) is 0 Å². The van der Waals surface area contributed by atoms with E-state index < -0.39 is 5.60 Å². The number of carbonyl (C=O) groups excluding carboxylic acids is 1. The van der Waals surface area contributed by atoms with E-state index in [0.717, 1.165) is 29.8 Å². The van der Waals surface area contributed by atoms with E-state index in [-0.39, 0.29) is 18.1 Å². The second-order valence-corrected chi connectivity index (χ2v) is 6.47. The van der Waals surface area contributed by atoms with Crippen molar-refractivity contribution in [1.82, 2.24) is 10.6 Å². The zero-order valence-electron chi connectivity index (χ0n) is 12.7. The topological polar surface area (TPSA) is 70.6 Å². The summed E-state index contributed by atoms with van der Waals surface area (Å²) in [6, 6.07) is 3.95. The quantitative estimate of drug-likeness (QED) is 0.710. The van der Waals surface area contributed by atoms with Gasteiger partial charge in [-0.25, -0.2) is 4.79 Å². The molecule has 0 amide bonds. The molecule has 2 aliphatic rings. The highest BCUT2D eigenvalue weighted by Crippen LogP contribution is 2.30. The van der Waals surface area contributed by atoms with Crippen molar-refractivity contribution in [3.05, 3.63) is 34.4 Å². The predicted octanol–water partition coefficient (Wildman–Crippen LogP) is 1.04. The van der Waals surface area contributed by atoms with Gasteiger partial charge in [0.25, 0.3) is 0 Å². The zero-order valence-corrected chi connectivity index (χ0v) is 12.7. The largest absolute Gasteiger partial charge is 0.457 e. The molecular weight excluding hydrogens is 268 g/mol. The van der Waals surface area contributed by atoms with E-state index >= 15 is 0 Å². The molecule has 0 bridgehead atoms. The number of hydrogen-bond donors (Lipinski definition) is 3. The third-order valence-corrected chi connectivity index (χ3v) is 4.54. The molecule has 1 saturated heterocycles. The molecule has 2 aliphatic heterocycles. The molecule has 1 aromatic rings. The van der Waals surface area contributed by atoms with Crippen molar-refractivity contribution < 1.29 is 14.6 Å². The van der Waals surface area contributed by atoms with Gasteiger partial charge in [0.15, 0.2) is 0 Å². The molecular formula is C16H22N2O3. The second-order valence-electron chi connectivity index (χ2n) is 6.47. The van der Waals surface area contributed by atoms with Crippen LogP contribution in [0.4, 0.5) is 0 Å². The number of piperazine rings is 1. The molecule has 21 heavy (non-hydrogen) atoms. The van der Waals surface area contributed by atoms with Crippen LogP contribution in [0.3, 0.4) is 0 Å². The van der Waals surface area contributed by atoms with Crippen LogP contribution in [0.25, 0.3) is 0 Å². The molecule has 0 aliphatic carbocycles. The number of fused-ring (bicyclic) bond motifs is 1. The van der Waals surface area contributed by atoms with E-state index in [2.05, 4.69) is 10.6 Å². The van der Waals surface area contributed by atoms with E-state index in [1.54, 1.807) is 0 Å². The summed E-state index contributed by atoms with van der Waals surface area (Å²) < 4.78 is 5.11. The number of aliphatic hydroxyl groups is 1. The van der Waals surface area contributed by atoms with Crippen molar-refractivity contribution in [3.8, 4) is 0 Å². The Morgan fingerprint density at radius 3 is 2.81 bits per heavy atom. The van der Waals surface area contributed by atoms with Gasteiger partial charge in [0.2, 0.25) is 0 Å². The van der Waals surface area contributed by atoms with Crippen molar-refractivity contribution in [2.75, 3.05) is 13.1 Å². The number of carbonyl (C=O) groups is 1. The molecule has 3 rings (SSSR count). The number of benzene rings is 1. The minimum absolute atomic E-state index is 0.0122. The molecule has 5 nitrogen and oxygen atoms in total. The Hall–Kier alpha value is -1.43. The molecule has 5 heteroatoms. The lowest BCUT2D eigenvalue weighted by Crippen LogP contribution is -2.59. The minimum atomic E-state index is -0.782. The third-order valence-electron chi connectivity index (χ3n) is 4.54. The van der Waals surface area contributed by atoms with Gasteiger partial charge in [-0.1, -0.05) is 6.07 Å². The maximum atomic E-state index is 11.6. The Balaban J connectivity index is 1.89. The van der Waals surface area contributed by atoms with Crippen LogP contribution in [0.1, 0.15) is 46.9 Å². The van der Waals surface area contributed by atoms with Gasteiger partial charge in [-0.05, 0) is 38.0 Å². The molecule has 0 aromatic heterocycles. The van der Waals surface area contributed by atoms with Gasteiger partial charge in [0, 0.05) is 30.7 Å². The first kappa shape index (κ1) is 14.5. The number of esters is 1. The Bertz CT molecular complexity index is 578. The van der Waals surface area contributed by atoms with Crippen molar-refractivity contribution in [2.24, 2.45) is 0 Å². The minimum Gasteiger partial charge on any atom is -0.457 e. The molecule has 1 aromatic carbocycles. The van der Waals surface area contributed by atoms with E-state index in [1.807, 2.05) is 32.9 Å². The first-order valence-electron chi connectivity index (χ1n) is 7.36. The summed E-state index contributed by atoms with van der Waals surface area (Å²) in [6.45, 7) is 7.58. The first-order chi connectivity index (χ1) is 9.88. The smallest absolute Gasteiger partial charge is 0.338 e. The summed E-state index contributed by atoms with van der Waals surface area (Å²) in [5.41, 5.74) is 3.15. The molecule has 0 radical (unpaired) electrons. The average Bonchev–Trinajstić information content (AvgIpc) is 2.81. The first-order valence-corrected chi connectivity index (χ1v) is 7.36. The zero-order chi connectivity index (χ0) is 15.2. The van der Waals surface area contributed by atoms with Gasteiger partial charge in [0.1, 0.15) is 6.61 Å². The fraction of sp³-hybridized carbons (Fsp3) is 0.562. The predicted molar refractivity (Wildman–Crippen MR) is 79.1 cm³/mol. The molecule has 114 valence electrons. The standard InChI is InChI=1S/C16H22N2O3/c1-9-10(4-5-11-12(9)8-21-15(11)19)13-6-17-7-14(18-13)16(2,3)20/h4-5,13-14,17-18,20H,6-8H2,1-3H3. The highest BCUT2D eigenvalue weighted by molar-refractivity contribution is 5.93. The SMILES string of the molecule is Cc1c(C2CNCC(C(C)(C)O)N2)ccc2c1COC2=O. The Labute approximate surface area is 124 Å². The maximum Gasteiger partial charge on any atom is 0.338 e. The van der Waals surface area contributed by atoms with Gasteiger partial charge in [-0.3, -0.25) is 0 Å². The summed E-state index contributed by atoms with van der Waals surface area (Å²) in [6.07, 6.45) is 0. The molecule has 1 fully saturated rings. The Morgan fingerprint density at radius 2 is 2.10 bits per heavy atom. The molecule has 0 spiro atoms. The highest BCUT2D eigenvalue weighted by atomic mass is 16.5. The number of nitrogens with one attached hydrogen (secondary N) is 2. The van der Waals surface area contributed by atoms with Crippen LogP contribution in [0.2, 0.25) is 0 Å². The summed E-state index contributed by atoms with van der Waals surface area (Å²) in [4.78, 5) is 11.6. The van der Waals surface area contributed by atoms with Gasteiger partial charge in [-0.15, -0.1) is 0 Å². The van der Waals surface area contributed by atoms with E-state index in [0.29, 0.717) is 12.2 Å². The summed E-state index contributed by atoms with van der Waals surface area (Å²) >= 11 is 0. The highest BCUT2D eigenvalue weighted by Gasteiger charge is 2.33. The van der Waals surface area contributed by atoms with Gasteiger partial charge >= 0.3 is 5.97 Å². The molecule has 2 atom stereocenters. The number of cyclic esters (lactones) is 1. The molecule has 3 N–H and O–H groups in total. The van der Waals surface area contributed by atoms with E-state index in [9.17, 15) is 9.90 Å². The molecule has 0 saturated carbocycles. The number of hydrogen-bond acceptors (Lipinski definition) is 5. The number of ether oxygens (including phenoxy) is 1. The molecule has 2 heterocycles. The van der Waals surface area contributed by atoms with Crippen molar-refractivity contribution in [2.45, 2.75) is 45.1 Å². The second kappa shape index (κ2) is 5.09. The summed E-state index contributed by atoms with van der Waals surface area (Å²) in [7, 11) is 0. The number of rotatable bonds is 2. The van der Waals surface area contributed by atoms with Crippen molar-refractivity contribution in [3.63, 3.8) is 0 Å². The molecule has 2 unspecified atom stereocenters.